The Balaban J connectivity index is 1.66. The van der Waals surface area contributed by atoms with E-state index in [1.807, 2.05) is 12.1 Å². The minimum Gasteiger partial charge on any atom is -0.489 e. The molecule has 1 N–H and O–H groups in total. The molecule has 27 heavy (non-hydrogen) atoms. The van der Waals surface area contributed by atoms with Gasteiger partial charge < -0.3 is 10.1 Å². The second kappa shape index (κ2) is 8.00. The topological polar surface area (TPSA) is 75.7 Å². The summed E-state index contributed by atoms with van der Waals surface area (Å²) in [5.74, 6) is 0.387. The predicted octanol–water partition coefficient (Wildman–Crippen LogP) is 2.98. The van der Waals surface area contributed by atoms with Crippen LogP contribution in [-0.2, 0) is 27.7 Å². The minimum absolute atomic E-state index is 0.114. The normalized spacial score (nSPS) is 13.6. The Hall–Kier alpha value is -2.54. The van der Waals surface area contributed by atoms with Crippen molar-refractivity contribution in [1.82, 2.24) is 0 Å². The molecule has 0 radical (unpaired) electrons. The number of nitrogens with one attached hydrogen (secondary N) is 1. The molecular formula is C20H24N2O4S. The molecular weight excluding hydrogens is 364 g/mol. The number of nitrogens with zero attached hydrogens (tertiary/aromatic N) is 1. The van der Waals surface area contributed by atoms with Gasteiger partial charge in [-0.15, -0.1) is 0 Å². The molecule has 144 valence electrons. The minimum atomic E-state index is -3.40. The summed E-state index contributed by atoms with van der Waals surface area (Å²) in [7, 11) is -3.40. The molecule has 1 aliphatic rings. The van der Waals surface area contributed by atoms with Crippen LogP contribution in [0.15, 0.2) is 42.5 Å². The highest BCUT2D eigenvalue weighted by molar-refractivity contribution is 7.92. The zero-order chi connectivity index (χ0) is 19.4. The summed E-state index contributed by atoms with van der Waals surface area (Å²) in [6.07, 6.45) is 3.17. The van der Waals surface area contributed by atoms with Gasteiger partial charge in [-0.2, -0.15) is 0 Å². The highest BCUT2D eigenvalue weighted by atomic mass is 32.2. The number of carbonyl (C=O) groups is 1. The van der Waals surface area contributed by atoms with Crippen molar-refractivity contribution in [3.05, 3.63) is 53.6 Å². The van der Waals surface area contributed by atoms with Gasteiger partial charge in [-0.25, -0.2) is 8.42 Å². The predicted molar refractivity (Wildman–Crippen MR) is 107 cm³/mol. The fourth-order valence-corrected chi connectivity index (χ4v) is 3.94. The van der Waals surface area contributed by atoms with Gasteiger partial charge in [0, 0.05) is 12.1 Å². The maximum atomic E-state index is 12.3. The summed E-state index contributed by atoms with van der Waals surface area (Å²) in [4.78, 5) is 12.3. The Kier molecular flexibility index (Phi) is 5.70. The number of ether oxygens (including phenoxy) is 1. The summed E-state index contributed by atoms with van der Waals surface area (Å²) < 4.78 is 30.8. The van der Waals surface area contributed by atoms with Gasteiger partial charge >= 0.3 is 0 Å². The van der Waals surface area contributed by atoms with E-state index in [4.69, 9.17) is 4.74 Å². The number of sulfonamides is 1. The van der Waals surface area contributed by atoms with Crippen molar-refractivity contribution in [1.29, 1.82) is 0 Å². The highest BCUT2D eigenvalue weighted by Gasteiger charge is 2.25. The monoisotopic (exact) mass is 388 g/mol. The zero-order valence-electron chi connectivity index (χ0n) is 15.6. The van der Waals surface area contributed by atoms with Crippen LogP contribution in [-0.4, -0.2) is 33.7 Å². The molecule has 0 fully saturated rings. The Bertz CT molecular complexity index is 923. The van der Waals surface area contributed by atoms with Gasteiger partial charge in [0.05, 0.1) is 18.5 Å². The first kappa shape index (κ1) is 19.2. The van der Waals surface area contributed by atoms with Gasteiger partial charge in [-0.05, 0) is 42.2 Å². The fourth-order valence-electron chi connectivity index (χ4n) is 3.04. The molecule has 3 rings (SSSR count). The number of amides is 1. The number of hydrogen-bond donors (Lipinski definition) is 1. The highest BCUT2D eigenvalue weighted by Crippen LogP contribution is 2.35. The lowest BCUT2D eigenvalue weighted by atomic mass is 10.1. The van der Waals surface area contributed by atoms with Crippen molar-refractivity contribution in [2.75, 3.05) is 29.0 Å². The van der Waals surface area contributed by atoms with Crippen molar-refractivity contribution in [2.45, 2.75) is 26.2 Å². The third kappa shape index (κ3) is 4.80. The second-order valence-corrected chi connectivity index (χ2v) is 8.49. The Morgan fingerprint density at radius 2 is 1.85 bits per heavy atom. The summed E-state index contributed by atoms with van der Waals surface area (Å²) in [5, 5.41) is 2.84. The zero-order valence-corrected chi connectivity index (χ0v) is 16.4. The molecule has 0 bridgehead atoms. The molecule has 0 aliphatic carbocycles. The van der Waals surface area contributed by atoms with Gasteiger partial charge in [0.1, 0.15) is 12.4 Å². The molecule has 7 heteroatoms. The lowest BCUT2D eigenvalue weighted by Gasteiger charge is -2.29. The number of aryl methyl sites for hydroxylation is 2. The lowest BCUT2D eigenvalue weighted by Crippen LogP contribution is -2.37. The van der Waals surface area contributed by atoms with Crippen LogP contribution in [0.1, 0.15) is 24.5 Å². The van der Waals surface area contributed by atoms with Crippen molar-refractivity contribution in [3.63, 3.8) is 0 Å². The third-order valence-electron chi connectivity index (χ3n) is 4.54. The van der Waals surface area contributed by atoms with Crippen molar-refractivity contribution < 1.29 is 17.9 Å². The Morgan fingerprint density at radius 3 is 2.52 bits per heavy atom. The SMILES string of the molecule is CCc1ccc(CCC(=O)Nc2ccc3c(c2)N(S(C)(=O)=O)CCO3)cc1. The Labute approximate surface area is 160 Å². The Morgan fingerprint density at radius 1 is 1.15 bits per heavy atom. The van der Waals surface area contributed by atoms with Crippen LogP contribution in [0.4, 0.5) is 11.4 Å². The molecule has 6 nitrogen and oxygen atoms in total. The summed E-state index contributed by atoms with van der Waals surface area (Å²) in [5.41, 5.74) is 3.40. The van der Waals surface area contributed by atoms with Crippen LogP contribution in [0.5, 0.6) is 5.75 Å². The first-order valence-electron chi connectivity index (χ1n) is 8.99. The summed E-state index contributed by atoms with van der Waals surface area (Å²) in [6.45, 7) is 2.68. The fraction of sp³-hybridized carbons (Fsp3) is 0.350. The third-order valence-corrected chi connectivity index (χ3v) is 5.72. The quantitative estimate of drug-likeness (QED) is 0.825. The molecule has 0 atom stereocenters. The van der Waals surface area contributed by atoms with E-state index in [2.05, 4.69) is 24.4 Å². The second-order valence-electron chi connectivity index (χ2n) is 6.58. The first-order chi connectivity index (χ1) is 12.9. The molecule has 1 amide bonds. The van der Waals surface area contributed by atoms with Gasteiger partial charge in [0.15, 0.2) is 0 Å². The average molecular weight is 388 g/mol. The van der Waals surface area contributed by atoms with E-state index < -0.39 is 10.0 Å². The lowest BCUT2D eigenvalue weighted by molar-refractivity contribution is -0.116. The molecule has 0 saturated heterocycles. The largest absolute Gasteiger partial charge is 0.489 e. The summed E-state index contributed by atoms with van der Waals surface area (Å²) in [6, 6.07) is 13.3. The van der Waals surface area contributed by atoms with Gasteiger partial charge in [-0.3, -0.25) is 9.10 Å². The molecule has 1 aliphatic heterocycles. The van der Waals surface area contributed by atoms with Crippen LogP contribution in [0.3, 0.4) is 0 Å². The van der Waals surface area contributed by atoms with Gasteiger partial charge in [-0.1, -0.05) is 31.2 Å². The first-order valence-corrected chi connectivity index (χ1v) is 10.8. The van der Waals surface area contributed by atoms with Crippen LogP contribution in [0, 0.1) is 0 Å². The number of fused-ring (bicyclic) bond motifs is 1. The van der Waals surface area contributed by atoms with Crippen LogP contribution >= 0.6 is 0 Å². The molecule has 0 unspecified atom stereocenters. The van der Waals surface area contributed by atoms with E-state index in [0.29, 0.717) is 36.6 Å². The van der Waals surface area contributed by atoms with Crippen LogP contribution < -0.4 is 14.4 Å². The number of benzene rings is 2. The van der Waals surface area contributed by atoms with E-state index in [-0.39, 0.29) is 12.5 Å². The van der Waals surface area contributed by atoms with Gasteiger partial charge in [0.25, 0.3) is 0 Å². The van der Waals surface area contributed by atoms with Crippen LogP contribution in [0.25, 0.3) is 0 Å². The average Bonchev–Trinajstić information content (AvgIpc) is 2.65. The van der Waals surface area contributed by atoms with Crippen molar-refractivity contribution >= 4 is 27.3 Å². The molecule has 0 aromatic heterocycles. The maximum absolute atomic E-state index is 12.3. The van der Waals surface area contributed by atoms with E-state index in [1.165, 1.54) is 9.87 Å². The van der Waals surface area contributed by atoms with E-state index in [0.717, 1.165) is 18.2 Å². The summed E-state index contributed by atoms with van der Waals surface area (Å²) >= 11 is 0. The van der Waals surface area contributed by atoms with E-state index >= 15 is 0 Å². The molecule has 2 aromatic rings. The number of anilines is 2. The molecule has 1 heterocycles. The standard InChI is InChI=1S/C20H24N2O4S/c1-3-15-4-6-16(7-5-15)8-11-20(23)21-17-9-10-19-18(14-17)22(12-13-26-19)27(2,24)25/h4-7,9-10,14H,3,8,11-13H2,1-2H3,(H,21,23). The van der Waals surface area contributed by atoms with E-state index in [9.17, 15) is 13.2 Å². The molecule has 0 spiro atoms. The van der Waals surface area contributed by atoms with Crippen molar-refractivity contribution in [2.24, 2.45) is 0 Å². The van der Waals surface area contributed by atoms with E-state index in [1.54, 1.807) is 18.2 Å². The molecule has 2 aromatic carbocycles. The maximum Gasteiger partial charge on any atom is 0.232 e. The van der Waals surface area contributed by atoms with Crippen molar-refractivity contribution in [3.8, 4) is 5.75 Å². The molecule has 0 saturated carbocycles. The van der Waals surface area contributed by atoms with Crippen LogP contribution in [0.2, 0.25) is 0 Å². The number of hydrogen-bond acceptors (Lipinski definition) is 4. The number of carbonyl (C=O) groups excluding carboxylic acids is 1. The van der Waals surface area contributed by atoms with Gasteiger partial charge in [0.2, 0.25) is 15.9 Å². The number of rotatable bonds is 6. The smallest absolute Gasteiger partial charge is 0.232 e.